The highest BCUT2D eigenvalue weighted by Crippen LogP contribution is 2.17. The minimum atomic E-state index is -2.68. The summed E-state index contributed by atoms with van der Waals surface area (Å²) in [5.41, 5.74) is 0. The van der Waals surface area contributed by atoms with Gasteiger partial charge in [0.15, 0.2) is 9.84 Å². The van der Waals surface area contributed by atoms with Crippen molar-refractivity contribution >= 4 is 9.84 Å². The maximum atomic E-state index is 10.7. The standard InChI is InChI=1S/C5H9O2S/c1-5-3-2-4-8(5,6)7/h3,5H,2,4H2,1H3. The third-order valence-electron chi connectivity index (χ3n) is 1.47. The first-order valence-electron chi connectivity index (χ1n) is 2.68. The SMILES string of the molecule is CC1[CH]CCS1(=O)=O. The molecule has 0 N–H and O–H groups in total. The molecular formula is C5H9O2S. The molecule has 0 amide bonds. The summed E-state index contributed by atoms with van der Waals surface area (Å²) < 4.78 is 21.5. The molecule has 0 bridgehead atoms. The van der Waals surface area contributed by atoms with Crippen molar-refractivity contribution in [1.82, 2.24) is 0 Å². The number of hydrogen-bond donors (Lipinski definition) is 0. The molecule has 0 saturated carbocycles. The lowest BCUT2D eigenvalue weighted by molar-refractivity contribution is 0.596. The predicted molar refractivity (Wildman–Crippen MR) is 32.2 cm³/mol. The number of sulfone groups is 1. The second kappa shape index (κ2) is 1.72. The zero-order chi connectivity index (χ0) is 6.20. The van der Waals surface area contributed by atoms with Gasteiger partial charge in [0.25, 0.3) is 0 Å². The molecule has 1 aliphatic rings. The van der Waals surface area contributed by atoms with Gasteiger partial charge >= 0.3 is 0 Å². The van der Waals surface area contributed by atoms with Gasteiger partial charge in [0.05, 0.1) is 11.0 Å². The topological polar surface area (TPSA) is 34.1 Å². The molecule has 1 atom stereocenters. The molecule has 1 saturated heterocycles. The van der Waals surface area contributed by atoms with Crippen LogP contribution in [-0.2, 0) is 9.84 Å². The Bertz CT molecular complexity index is 169. The molecule has 47 valence electrons. The molecule has 1 rings (SSSR count). The van der Waals surface area contributed by atoms with E-state index in [0.29, 0.717) is 5.75 Å². The van der Waals surface area contributed by atoms with Crippen LogP contribution in [0.3, 0.4) is 0 Å². The molecular weight excluding hydrogens is 124 g/mol. The molecule has 1 radical (unpaired) electrons. The van der Waals surface area contributed by atoms with Crippen molar-refractivity contribution in [1.29, 1.82) is 0 Å². The van der Waals surface area contributed by atoms with Crippen LogP contribution in [0.15, 0.2) is 0 Å². The molecule has 1 fully saturated rings. The molecule has 1 heterocycles. The molecule has 3 heteroatoms. The number of hydrogen-bond acceptors (Lipinski definition) is 2. The molecule has 0 aromatic rings. The van der Waals surface area contributed by atoms with Crippen molar-refractivity contribution in [3.8, 4) is 0 Å². The Morgan fingerprint density at radius 1 is 1.62 bits per heavy atom. The van der Waals surface area contributed by atoms with Gasteiger partial charge in [0.2, 0.25) is 0 Å². The van der Waals surface area contributed by atoms with Crippen LogP contribution in [0, 0.1) is 6.42 Å². The molecule has 1 unspecified atom stereocenters. The van der Waals surface area contributed by atoms with Gasteiger partial charge in [-0.3, -0.25) is 0 Å². The van der Waals surface area contributed by atoms with Crippen LogP contribution in [0.1, 0.15) is 13.3 Å². The summed E-state index contributed by atoms with van der Waals surface area (Å²) in [4.78, 5) is 0. The molecule has 0 aromatic carbocycles. The number of rotatable bonds is 0. The van der Waals surface area contributed by atoms with Gasteiger partial charge in [-0.25, -0.2) is 8.42 Å². The second-order valence-corrected chi connectivity index (χ2v) is 4.57. The minimum Gasteiger partial charge on any atom is -0.229 e. The van der Waals surface area contributed by atoms with E-state index in [1.54, 1.807) is 6.92 Å². The Morgan fingerprint density at radius 3 is 2.38 bits per heavy atom. The highest BCUT2D eigenvalue weighted by atomic mass is 32.2. The predicted octanol–water partition coefficient (Wildman–Crippen LogP) is 0.398. The van der Waals surface area contributed by atoms with E-state index in [9.17, 15) is 8.42 Å². The van der Waals surface area contributed by atoms with E-state index in [0.717, 1.165) is 6.42 Å². The first kappa shape index (κ1) is 6.08. The quantitative estimate of drug-likeness (QED) is 0.479. The average molecular weight is 133 g/mol. The molecule has 1 aliphatic heterocycles. The van der Waals surface area contributed by atoms with Crippen LogP contribution in [0.2, 0.25) is 0 Å². The molecule has 2 nitrogen and oxygen atoms in total. The van der Waals surface area contributed by atoms with Crippen LogP contribution in [-0.4, -0.2) is 19.4 Å². The summed E-state index contributed by atoms with van der Waals surface area (Å²) in [5.74, 6) is 0.355. The summed E-state index contributed by atoms with van der Waals surface area (Å²) in [6.07, 6.45) is 2.58. The highest BCUT2D eigenvalue weighted by Gasteiger charge is 2.26. The summed E-state index contributed by atoms with van der Waals surface area (Å²) in [7, 11) is -2.68. The van der Waals surface area contributed by atoms with Gasteiger partial charge in [0, 0.05) is 0 Å². The summed E-state index contributed by atoms with van der Waals surface area (Å²) in [6.45, 7) is 1.72. The van der Waals surface area contributed by atoms with E-state index in [-0.39, 0.29) is 5.25 Å². The Hall–Kier alpha value is -0.0500. The minimum absolute atomic E-state index is 0.192. The lowest BCUT2D eigenvalue weighted by Crippen LogP contribution is -2.10. The van der Waals surface area contributed by atoms with E-state index in [1.807, 2.05) is 6.42 Å². The molecule has 0 spiro atoms. The first-order chi connectivity index (χ1) is 3.63. The zero-order valence-electron chi connectivity index (χ0n) is 4.79. The maximum Gasteiger partial charge on any atom is 0.153 e. The van der Waals surface area contributed by atoms with E-state index in [2.05, 4.69) is 0 Å². The van der Waals surface area contributed by atoms with Crippen LogP contribution in [0.5, 0.6) is 0 Å². The van der Waals surface area contributed by atoms with Crippen molar-refractivity contribution in [2.24, 2.45) is 0 Å². The highest BCUT2D eigenvalue weighted by molar-refractivity contribution is 7.92. The summed E-state index contributed by atoms with van der Waals surface area (Å²) >= 11 is 0. The fourth-order valence-electron chi connectivity index (χ4n) is 0.800. The van der Waals surface area contributed by atoms with Crippen LogP contribution >= 0.6 is 0 Å². The largest absolute Gasteiger partial charge is 0.229 e. The van der Waals surface area contributed by atoms with Crippen molar-refractivity contribution in [2.45, 2.75) is 18.6 Å². The van der Waals surface area contributed by atoms with E-state index in [1.165, 1.54) is 0 Å². The zero-order valence-corrected chi connectivity index (χ0v) is 5.61. The van der Waals surface area contributed by atoms with Crippen molar-refractivity contribution in [3.63, 3.8) is 0 Å². The van der Waals surface area contributed by atoms with E-state index >= 15 is 0 Å². The monoisotopic (exact) mass is 133 g/mol. The normalized spacial score (nSPS) is 35.4. The van der Waals surface area contributed by atoms with Gasteiger partial charge in [-0.15, -0.1) is 0 Å². The Balaban J connectivity index is 2.85. The van der Waals surface area contributed by atoms with Gasteiger partial charge in [-0.05, 0) is 19.8 Å². The van der Waals surface area contributed by atoms with Crippen LogP contribution < -0.4 is 0 Å². The van der Waals surface area contributed by atoms with Gasteiger partial charge in [-0.2, -0.15) is 0 Å². The first-order valence-corrected chi connectivity index (χ1v) is 4.39. The summed E-state index contributed by atoms with van der Waals surface area (Å²) in [6, 6.07) is 0. The van der Waals surface area contributed by atoms with E-state index < -0.39 is 9.84 Å². The maximum absolute atomic E-state index is 10.7. The fourth-order valence-corrected chi connectivity index (χ4v) is 2.07. The third-order valence-corrected chi connectivity index (χ3v) is 3.60. The van der Waals surface area contributed by atoms with Gasteiger partial charge < -0.3 is 0 Å². The lowest BCUT2D eigenvalue weighted by atomic mass is 10.3. The molecule has 0 aliphatic carbocycles. The van der Waals surface area contributed by atoms with Crippen LogP contribution in [0.4, 0.5) is 0 Å². The molecule has 0 aromatic heterocycles. The van der Waals surface area contributed by atoms with Gasteiger partial charge in [-0.1, -0.05) is 0 Å². The van der Waals surface area contributed by atoms with Crippen molar-refractivity contribution < 1.29 is 8.42 Å². The van der Waals surface area contributed by atoms with Crippen molar-refractivity contribution in [2.75, 3.05) is 5.75 Å². The summed E-state index contributed by atoms with van der Waals surface area (Å²) in [5, 5.41) is -0.192. The van der Waals surface area contributed by atoms with E-state index in [4.69, 9.17) is 0 Å². The molecule has 8 heavy (non-hydrogen) atoms. The van der Waals surface area contributed by atoms with Crippen molar-refractivity contribution in [3.05, 3.63) is 6.42 Å². The van der Waals surface area contributed by atoms with Gasteiger partial charge in [0.1, 0.15) is 0 Å². The Labute approximate surface area is 49.8 Å². The smallest absolute Gasteiger partial charge is 0.153 e. The third kappa shape index (κ3) is 0.869. The fraction of sp³-hybridized carbons (Fsp3) is 0.800. The van der Waals surface area contributed by atoms with Crippen LogP contribution in [0.25, 0.3) is 0 Å². The lowest BCUT2D eigenvalue weighted by Gasteiger charge is -1.95. The average Bonchev–Trinajstić information content (AvgIpc) is 1.86. The Morgan fingerprint density at radius 2 is 2.25 bits per heavy atom. The second-order valence-electron chi connectivity index (χ2n) is 2.10. The Kier molecular flexibility index (Phi) is 1.31.